The highest BCUT2D eigenvalue weighted by Crippen LogP contribution is 2.09. The highest BCUT2D eigenvalue weighted by atomic mass is 32.2. The summed E-state index contributed by atoms with van der Waals surface area (Å²) in [6, 6.07) is 0. The lowest BCUT2D eigenvalue weighted by atomic mass is 10.1. The predicted octanol–water partition coefficient (Wildman–Crippen LogP) is 1.64. The molecule has 0 aromatic carbocycles. The number of thioether (sulfide) groups is 1. The first-order valence-corrected chi connectivity index (χ1v) is 5.64. The number of carbonyl (C=O) groups is 1. The molecule has 0 unspecified atom stereocenters. The van der Waals surface area contributed by atoms with Gasteiger partial charge < -0.3 is 5.32 Å². The molecule has 0 aromatic rings. The molecular formula is C9H16N2OS. The highest BCUT2D eigenvalue weighted by Gasteiger charge is 2.10. The Hall–Kier alpha value is -0.510. The number of nitrogens with zero attached hydrogens (tertiary/aromatic N) is 1. The van der Waals surface area contributed by atoms with E-state index in [0.29, 0.717) is 12.3 Å². The Morgan fingerprint density at radius 2 is 2.46 bits per heavy atom. The van der Waals surface area contributed by atoms with Gasteiger partial charge in [0, 0.05) is 12.2 Å². The van der Waals surface area contributed by atoms with Crippen molar-refractivity contribution in [1.82, 2.24) is 5.32 Å². The summed E-state index contributed by atoms with van der Waals surface area (Å²) < 4.78 is 0. The van der Waals surface area contributed by atoms with Crippen LogP contribution in [0.3, 0.4) is 0 Å². The van der Waals surface area contributed by atoms with Crippen molar-refractivity contribution in [3.63, 3.8) is 0 Å². The molecule has 1 N–H and O–H groups in total. The molecule has 0 saturated heterocycles. The van der Waals surface area contributed by atoms with Crippen LogP contribution in [-0.4, -0.2) is 23.4 Å². The fourth-order valence-electron chi connectivity index (χ4n) is 1.01. The zero-order valence-electron chi connectivity index (χ0n) is 8.17. The van der Waals surface area contributed by atoms with Crippen LogP contribution in [-0.2, 0) is 4.79 Å². The molecule has 3 nitrogen and oxygen atoms in total. The molecule has 0 saturated carbocycles. The van der Waals surface area contributed by atoms with Gasteiger partial charge in [0.05, 0.1) is 6.54 Å². The van der Waals surface area contributed by atoms with Crippen molar-refractivity contribution in [1.29, 1.82) is 0 Å². The number of rotatable bonds is 3. The van der Waals surface area contributed by atoms with Crippen molar-refractivity contribution >= 4 is 22.8 Å². The molecule has 1 rings (SSSR count). The third-order valence-electron chi connectivity index (χ3n) is 1.78. The normalized spacial score (nSPS) is 16.1. The fourth-order valence-corrected chi connectivity index (χ4v) is 1.76. The summed E-state index contributed by atoms with van der Waals surface area (Å²) in [5.74, 6) is 1.69. The maximum absolute atomic E-state index is 11.3. The first-order chi connectivity index (χ1) is 6.18. The van der Waals surface area contributed by atoms with Crippen molar-refractivity contribution in [2.75, 3.05) is 12.3 Å². The first-order valence-electron chi connectivity index (χ1n) is 4.65. The van der Waals surface area contributed by atoms with E-state index in [4.69, 9.17) is 0 Å². The number of amidine groups is 1. The van der Waals surface area contributed by atoms with Gasteiger partial charge in [-0.05, 0) is 12.3 Å². The van der Waals surface area contributed by atoms with E-state index < -0.39 is 0 Å². The molecule has 0 aromatic heterocycles. The lowest BCUT2D eigenvalue weighted by Gasteiger charge is -2.05. The van der Waals surface area contributed by atoms with Gasteiger partial charge in [0.25, 0.3) is 0 Å². The summed E-state index contributed by atoms with van der Waals surface area (Å²) in [6.07, 6.45) is 1.56. The summed E-state index contributed by atoms with van der Waals surface area (Å²) >= 11 is 1.62. The Morgan fingerprint density at radius 1 is 1.69 bits per heavy atom. The zero-order chi connectivity index (χ0) is 9.68. The quantitative estimate of drug-likeness (QED) is 0.752. The van der Waals surface area contributed by atoms with E-state index in [1.165, 1.54) is 0 Å². The molecule has 74 valence electrons. The maximum Gasteiger partial charge on any atom is 0.225 e. The summed E-state index contributed by atoms with van der Waals surface area (Å²) in [5.41, 5.74) is 0. The van der Waals surface area contributed by atoms with Gasteiger partial charge in [0.15, 0.2) is 5.17 Å². The van der Waals surface area contributed by atoms with Gasteiger partial charge in [-0.1, -0.05) is 25.6 Å². The topological polar surface area (TPSA) is 41.5 Å². The lowest BCUT2D eigenvalue weighted by molar-refractivity contribution is -0.119. The molecule has 1 heterocycles. The molecule has 4 heteroatoms. The minimum Gasteiger partial charge on any atom is -0.305 e. The van der Waals surface area contributed by atoms with Gasteiger partial charge in [-0.2, -0.15) is 0 Å². The Kier molecular flexibility index (Phi) is 4.28. The lowest BCUT2D eigenvalue weighted by Crippen LogP contribution is -2.27. The van der Waals surface area contributed by atoms with Crippen LogP contribution in [0.15, 0.2) is 4.99 Å². The van der Waals surface area contributed by atoms with Gasteiger partial charge in [0.1, 0.15) is 0 Å². The smallest absolute Gasteiger partial charge is 0.225 e. The van der Waals surface area contributed by atoms with Gasteiger partial charge >= 0.3 is 0 Å². The average molecular weight is 200 g/mol. The standard InChI is InChI=1S/C9H16N2OS/c1-7(2)3-4-8(12)11-9-10-5-6-13-9/h7H,3-6H2,1-2H3,(H,10,11,12). The summed E-state index contributed by atoms with van der Waals surface area (Å²) in [4.78, 5) is 15.4. The number of amides is 1. The van der Waals surface area contributed by atoms with Crippen molar-refractivity contribution in [2.45, 2.75) is 26.7 Å². The van der Waals surface area contributed by atoms with E-state index in [1.807, 2.05) is 0 Å². The third-order valence-corrected chi connectivity index (χ3v) is 2.67. The molecule has 0 fully saturated rings. The zero-order valence-corrected chi connectivity index (χ0v) is 8.99. The largest absolute Gasteiger partial charge is 0.305 e. The van der Waals surface area contributed by atoms with Gasteiger partial charge in [-0.25, -0.2) is 0 Å². The van der Waals surface area contributed by atoms with Crippen LogP contribution in [0.4, 0.5) is 0 Å². The molecule has 13 heavy (non-hydrogen) atoms. The van der Waals surface area contributed by atoms with E-state index in [9.17, 15) is 4.79 Å². The number of hydrogen-bond donors (Lipinski definition) is 1. The van der Waals surface area contributed by atoms with E-state index in [0.717, 1.165) is 23.9 Å². The molecule has 0 atom stereocenters. The second-order valence-corrected chi connectivity index (χ2v) is 4.60. The van der Waals surface area contributed by atoms with Crippen LogP contribution < -0.4 is 5.32 Å². The first kappa shape index (κ1) is 10.6. The Balaban J connectivity index is 2.17. The van der Waals surface area contributed by atoms with E-state index >= 15 is 0 Å². The van der Waals surface area contributed by atoms with Crippen LogP contribution in [0, 0.1) is 5.92 Å². The van der Waals surface area contributed by atoms with Gasteiger partial charge in [-0.3, -0.25) is 9.79 Å². The molecule has 1 aliphatic heterocycles. The minimum atomic E-state index is 0.0989. The van der Waals surface area contributed by atoms with E-state index in [2.05, 4.69) is 24.2 Å². The number of hydrogen-bond acceptors (Lipinski definition) is 3. The Morgan fingerprint density at radius 3 is 3.00 bits per heavy atom. The van der Waals surface area contributed by atoms with Crippen LogP contribution in [0.2, 0.25) is 0 Å². The molecule has 0 radical (unpaired) electrons. The summed E-state index contributed by atoms with van der Waals surface area (Å²) in [5, 5.41) is 3.61. The highest BCUT2D eigenvalue weighted by molar-refractivity contribution is 8.14. The maximum atomic E-state index is 11.3. The van der Waals surface area contributed by atoms with Gasteiger partial charge in [0.2, 0.25) is 5.91 Å². The Labute approximate surface area is 83.4 Å². The minimum absolute atomic E-state index is 0.0989. The van der Waals surface area contributed by atoms with Crippen LogP contribution >= 0.6 is 11.8 Å². The molecule has 1 aliphatic rings. The Bertz CT molecular complexity index is 214. The average Bonchev–Trinajstić information content (AvgIpc) is 2.53. The second-order valence-electron chi connectivity index (χ2n) is 3.52. The number of nitrogens with one attached hydrogen (secondary N) is 1. The van der Waals surface area contributed by atoms with Crippen molar-refractivity contribution in [3.8, 4) is 0 Å². The van der Waals surface area contributed by atoms with Crippen LogP contribution in [0.5, 0.6) is 0 Å². The number of carbonyl (C=O) groups excluding carboxylic acids is 1. The van der Waals surface area contributed by atoms with Crippen molar-refractivity contribution in [2.24, 2.45) is 10.9 Å². The van der Waals surface area contributed by atoms with E-state index in [-0.39, 0.29) is 5.91 Å². The molecule has 0 spiro atoms. The molecule has 0 bridgehead atoms. The van der Waals surface area contributed by atoms with Crippen LogP contribution in [0.25, 0.3) is 0 Å². The van der Waals surface area contributed by atoms with Crippen molar-refractivity contribution in [3.05, 3.63) is 0 Å². The summed E-state index contributed by atoms with van der Waals surface area (Å²) in [7, 11) is 0. The monoisotopic (exact) mass is 200 g/mol. The fraction of sp³-hybridized carbons (Fsp3) is 0.778. The van der Waals surface area contributed by atoms with Gasteiger partial charge in [-0.15, -0.1) is 0 Å². The predicted molar refractivity (Wildman–Crippen MR) is 57.0 cm³/mol. The SMILES string of the molecule is CC(C)CCC(=O)NC1=NCCS1. The van der Waals surface area contributed by atoms with Crippen LogP contribution in [0.1, 0.15) is 26.7 Å². The summed E-state index contributed by atoms with van der Waals surface area (Å²) in [6.45, 7) is 5.08. The second kappa shape index (κ2) is 5.27. The molecular weight excluding hydrogens is 184 g/mol. The van der Waals surface area contributed by atoms with Crippen molar-refractivity contribution < 1.29 is 4.79 Å². The molecule has 0 aliphatic carbocycles. The molecule has 1 amide bonds. The third kappa shape index (κ3) is 4.31. The van der Waals surface area contributed by atoms with E-state index in [1.54, 1.807) is 11.8 Å². The number of aliphatic imine (C=N–C) groups is 1.